The fourth-order valence-corrected chi connectivity index (χ4v) is 4.34. The van der Waals surface area contributed by atoms with Gasteiger partial charge in [0.1, 0.15) is 0 Å². The molecular weight excluding hydrogens is 300 g/mol. The molecule has 0 saturated heterocycles. The molecule has 4 nitrogen and oxygen atoms in total. The average molecular weight is 314 g/mol. The van der Waals surface area contributed by atoms with E-state index < -0.39 is 0 Å². The van der Waals surface area contributed by atoms with Crippen LogP contribution in [0.3, 0.4) is 0 Å². The van der Waals surface area contributed by atoms with Crippen molar-refractivity contribution in [2.24, 2.45) is 0 Å². The summed E-state index contributed by atoms with van der Waals surface area (Å²) in [6, 6.07) is 19.7. The Bertz CT molecular complexity index is 1030. The third-order valence-electron chi connectivity index (χ3n) is 5.25. The van der Waals surface area contributed by atoms with Gasteiger partial charge in [-0.3, -0.25) is 10.1 Å². The van der Waals surface area contributed by atoms with Gasteiger partial charge in [-0.2, -0.15) is 0 Å². The van der Waals surface area contributed by atoms with Gasteiger partial charge in [0.15, 0.2) is 0 Å². The van der Waals surface area contributed by atoms with E-state index in [1.54, 1.807) is 12.1 Å². The maximum Gasteiger partial charge on any atom is 0.269 e. The molecule has 2 N–H and O–H groups in total. The zero-order valence-corrected chi connectivity index (χ0v) is 12.8. The van der Waals surface area contributed by atoms with Crippen molar-refractivity contribution in [2.75, 3.05) is 5.73 Å². The zero-order valence-electron chi connectivity index (χ0n) is 12.8. The predicted molar refractivity (Wildman–Crippen MR) is 92.3 cm³/mol. The Morgan fingerprint density at radius 1 is 0.750 bits per heavy atom. The van der Waals surface area contributed by atoms with E-state index in [2.05, 4.69) is 24.3 Å². The van der Waals surface area contributed by atoms with Crippen molar-refractivity contribution in [2.45, 2.75) is 11.8 Å². The molecule has 0 radical (unpaired) electrons. The van der Waals surface area contributed by atoms with Gasteiger partial charge in [-0.05, 0) is 45.5 Å². The first kappa shape index (κ1) is 13.3. The van der Waals surface area contributed by atoms with Gasteiger partial charge in [0.2, 0.25) is 0 Å². The van der Waals surface area contributed by atoms with E-state index in [9.17, 15) is 10.1 Å². The minimum Gasteiger partial charge on any atom is -0.399 e. The molecule has 0 unspecified atom stereocenters. The smallest absolute Gasteiger partial charge is 0.269 e. The van der Waals surface area contributed by atoms with Crippen LogP contribution in [-0.2, 0) is 0 Å². The number of nitro benzene ring substituents is 1. The lowest BCUT2D eigenvalue weighted by atomic mass is 9.61. The van der Waals surface area contributed by atoms with Crippen molar-refractivity contribution < 1.29 is 4.92 Å². The zero-order chi connectivity index (χ0) is 16.4. The van der Waals surface area contributed by atoms with Crippen molar-refractivity contribution in [3.05, 3.63) is 104 Å². The van der Waals surface area contributed by atoms with E-state index in [0.717, 1.165) is 11.3 Å². The second-order valence-corrected chi connectivity index (χ2v) is 6.45. The quantitative estimate of drug-likeness (QED) is 0.287. The number of anilines is 1. The number of nitrogens with zero attached hydrogens (tertiary/aromatic N) is 1. The largest absolute Gasteiger partial charge is 0.399 e. The third-order valence-corrected chi connectivity index (χ3v) is 5.25. The molecule has 0 aromatic heterocycles. The summed E-state index contributed by atoms with van der Waals surface area (Å²) >= 11 is 0. The van der Waals surface area contributed by atoms with Gasteiger partial charge in [0, 0.05) is 29.7 Å². The SMILES string of the molecule is Nc1ccc2c(c1)[C@@H]1c3ccccc3[C@H]2c2ccc([N+](=O)[O-])cc21. The molecule has 2 bridgehead atoms. The van der Waals surface area contributed by atoms with E-state index in [1.807, 2.05) is 24.3 Å². The van der Waals surface area contributed by atoms with Crippen LogP contribution in [0.1, 0.15) is 45.2 Å². The van der Waals surface area contributed by atoms with E-state index in [0.29, 0.717) is 0 Å². The highest BCUT2D eigenvalue weighted by atomic mass is 16.6. The Labute approximate surface area is 138 Å². The average Bonchev–Trinajstić information content (AvgIpc) is 2.60. The molecule has 0 fully saturated rings. The van der Waals surface area contributed by atoms with E-state index >= 15 is 0 Å². The lowest BCUT2D eigenvalue weighted by Crippen LogP contribution is -2.27. The van der Waals surface area contributed by atoms with Crippen LogP contribution in [0.4, 0.5) is 11.4 Å². The summed E-state index contributed by atoms with van der Waals surface area (Å²) in [6.07, 6.45) is 0. The summed E-state index contributed by atoms with van der Waals surface area (Å²) in [5, 5.41) is 11.2. The fourth-order valence-electron chi connectivity index (χ4n) is 4.34. The summed E-state index contributed by atoms with van der Waals surface area (Å²) in [4.78, 5) is 10.9. The summed E-state index contributed by atoms with van der Waals surface area (Å²) in [6.45, 7) is 0. The number of hydrogen-bond donors (Lipinski definition) is 1. The Morgan fingerprint density at radius 3 is 1.96 bits per heavy atom. The summed E-state index contributed by atoms with van der Waals surface area (Å²) in [5.74, 6) is 0.136. The molecule has 116 valence electrons. The van der Waals surface area contributed by atoms with E-state index in [1.165, 1.54) is 27.8 Å². The Kier molecular flexibility index (Phi) is 2.47. The van der Waals surface area contributed by atoms with Gasteiger partial charge in [0.05, 0.1) is 4.92 Å². The number of rotatable bonds is 1. The van der Waals surface area contributed by atoms with Gasteiger partial charge < -0.3 is 5.73 Å². The highest BCUT2D eigenvalue weighted by molar-refractivity contribution is 5.70. The maximum atomic E-state index is 11.2. The second kappa shape index (κ2) is 4.45. The molecule has 24 heavy (non-hydrogen) atoms. The molecule has 0 spiro atoms. The van der Waals surface area contributed by atoms with Gasteiger partial charge in [-0.15, -0.1) is 0 Å². The predicted octanol–water partition coefficient (Wildman–Crippen LogP) is 4.16. The first-order valence-corrected chi connectivity index (χ1v) is 7.91. The van der Waals surface area contributed by atoms with Crippen molar-refractivity contribution in [3.63, 3.8) is 0 Å². The first-order chi connectivity index (χ1) is 11.6. The molecule has 3 aliphatic carbocycles. The molecule has 3 aromatic carbocycles. The van der Waals surface area contributed by atoms with Gasteiger partial charge >= 0.3 is 0 Å². The van der Waals surface area contributed by atoms with Crippen LogP contribution < -0.4 is 5.73 Å². The van der Waals surface area contributed by atoms with Crippen LogP contribution in [0.15, 0.2) is 60.7 Å². The highest BCUT2D eigenvalue weighted by Crippen LogP contribution is 2.56. The topological polar surface area (TPSA) is 69.2 Å². The normalized spacial score (nSPS) is 19.3. The molecule has 0 amide bonds. The van der Waals surface area contributed by atoms with Crippen molar-refractivity contribution in [1.82, 2.24) is 0 Å². The maximum absolute atomic E-state index is 11.2. The molecule has 2 atom stereocenters. The Morgan fingerprint density at radius 2 is 1.29 bits per heavy atom. The lowest BCUT2D eigenvalue weighted by molar-refractivity contribution is -0.384. The molecule has 3 aromatic rings. The number of nitrogens with two attached hydrogens (primary N) is 1. The van der Waals surface area contributed by atoms with Crippen molar-refractivity contribution >= 4 is 11.4 Å². The van der Waals surface area contributed by atoms with Crippen molar-refractivity contribution in [1.29, 1.82) is 0 Å². The molecule has 0 saturated carbocycles. The van der Waals surface area contributed by atoms with Crippen LogP contribution >= 0.6 is 0 Å². The summed E-state index contributed by atoms with van der Waals surface area (Å²) in [7, 11) is 0. The van der Waals surface area contributed by atoms with Gasteiger partial charge in [0.25, 0.3) is 5.69 Å². The first-order valence-electron chi connectivity index (χ1n) is 7.91. The van der Waals surface area contributed by atoms with Crippen LogP contribution in [0.25, 0.3) is 0 Å². The molecule has 4 heteroatoms. The molecular formula is C20H14N2O2. The summed E-state index contributed by atoms with van der Waals surface area (Å²) < 4.78 is 0. The third kappa shape index (κ3) is 1.57. The standard InChI is InChI=1S/C20H14N2O2/c21-11-5-7-15-17(9-11)20-14-4-2-1-3-13(14)19(15)16-8-6-12(22(23)24)10-18(16)20/h1-10,19-20H,21H2/t19-,20+/m1/s1. The van der Waals surface area contributed by atoms with Crippen LogP contribution in [0, 0.1) is 10.1 Å². The second-order valence-electron chi connectivity index (χ2n) is 6.45. The number of non-ortho nitro benzene ring substituents is 1. The van der Waals surface area contributed by atoms with Gasteiger partial charge in [-0.1, -0.05) is 36.4 Å². The minimum absolute atomic E-state index is 0.0135. The molecule has 3 aliphatic rings. The number of hydrogen-bond acceptors (Lipinski definition) is 3. The monoisotopic (exact) mass is 314 g/mol. The molecule has 6 rings (SSSR count). The molecule has 0 aliphatic heterocycles. The highest BCUT2D eigenvalue weighted by Gasteiger charge is 2.41. The Hall–Kier alpha value is -3.14. The van der Waals surface area contributed by atoms with E-state index in [-0.39, 0.29) is 22.4 Å². The number of benzene rings is 3. The Balaban J connectivity index is 1.86. The van der Waals surface area contributed by atoms with Gasteiger partial charge in [-0.25, -0.2) is 0 Å². The minimum atomic E-state index is -0.325. The van der Waals surface area contributed by atoms with Crippen molar-refractivity contribution in [3.8, 4) is 0 Å². The number of nitrogen functional groups attached to an aromatic ring is 1. The lowest BCUT2D eigenvalue weighted by Gasteiger charge is -2.42. The fraction of sp³-hybridized carbons (Fsp3) is 0.100. The van der Waals surface area contributed by atoms with E-state index in [4.69, 9.17) is 5.73 Å². The van der Waals surface area contributed by atoms with Crippen LogP contribution in [0.2, 0.25) is 0 Å². The summed E-state index contributed by atoms with van der Waals surface area (Å²) in [5.41, 5.74) is 14.0. The van der Waals surface area contributed by atoms with Crippen LogP contribution in [0.5, 0.6) is 0 Å². The molecule has 0 heterocycles. The number of nitro groups is 1. The van der Waals surface area contributed by atoms with Crippen LogP contribution in [-0.4, -0.2) is 4.92 Å².